The summed E-state index contributed by atoms with van der Waals surface area (Å²) in [5.74, 6) is 0.933. The van der Waals surface area contributed by atoms with Crippen molar-refractivity contribution in [2.45, 2.75) is 46.1 Å². The lowest BCUT2D eigenvalue weighted by Crippen LogP contribution is -2.44. The molecule has 1 aliphatic rings. The molecule has 0 aromatic rings. The molecule has 7 heteroatoms. The maximum absolute atomic E-state index is 11.8. The Labute approximate surface area is 165 Å². The minimum Gasteiger partial charge on any atom is -0.356 e. The fourth-order valence-corrected chi connectivity index (χ4v) is 2.90. The average molecular weight is 453 g/mol. The van der Waals surface area contributed by atoms with Gasteiger partial charge in [0, 0.05) is 39.8 Å². The number of hydrogen-bond acceptors (Lipinski definition) is 3. The van der Waals surface area contributed by atoms with Crippen LogP contribution in [0.15, 0.2) is 4.99 Å². The third-order valence-electron chi connectivity index (χ3n) is 4.47. The molecular formula is C17H36IN5O. The summed E-state index contributed by atoms with van der Waals surface area (Å²) in [7, 11) is 3.54. The van der Waals surface area contributed by atoms with Crippen molar-refractivity contribution in [3.63, 3.8) is 0 Å². The monoisotopic (exact) mass is 453 g/mol. The van der Waals surface area contributed by atoms with E-state index in [2.05, 4.69) is 40.9 Å². The molecule has 0 aliphatic carbocycles. The second-order valence-corrected chi connectivity index (χ2v) is 6.32. The van der Waals surface area contributed by atoms with E-state index in [0.29, 0.717) is 6.04 Å². The van der Waals surface area contributed by atoms with Crippen LogP contribution in [0.25, 0.3) is 0 Å². The lowest BCUT2D eigenvalue weighted by atomic mass is 10.2. The van der Waals surface area contributed by atoms with Gasteiger partial charge in [0.25, 0.3) is 0 Å². The smallest absolute Gasteiger partial charge is 0.243 e. The first kappa shape index (κ1) is 23.4. The first-order chi connectivity index (χ1) is 11.0. The highest BCUT2D eigenvalue weighted by atomic mass is 127. The van der Waals surface area contributed by atoms with E-state index in [1.807, 2.05) is 0 Å². The van der Waals surface area contributed by atoms with E-state index in [0.717, 1.165) is 57.9 Å². The molecule has 1 heterocycles. The SMILES string of the molecule is CCCCNC(=NCC(=O)N(C)C)N1CCC(N(CC)CC)C1.I. The molecule has 0 bridgehead atoms. The molecule has 0 aromatic heterocycles. The number of likely N-dealkylation sites (N-methyl/N-ethyl adjacent to an activating group) is 2. The van der Waals surface area contributed by atoms with Gasteiger partial charge in [-0.05, 0) is 25.9 Å². The Morgan fingerprint density at radius 3 is 2.46 bits per heavy atom. The second-order valence-electron chi connectivity index (χ2n) is 6.32. The summed E-state index contributed by atoms with van der Waals surface area (Å²) >= 11 is 0. The summed E-state index contributed by atoms with van der Waals surface area (Å²) in [6, 6.07) is 0.590. The first-order valence-corrected chi connectivity index (χ1v) is 9.00. The van der Waals surface area contributed by atoms with Crippen LogP contribution in [0.4, 0.5) is 0 Å². The van der Waals surface area contributed by atoms with Crippen molar-refractivity contribution < 1.29 is 4.79 Å². The Balaban J connectivity index is 0.00000529. The molecule has 1 fully saturated rings. The molecular weight excluding hydrogens is 417 g/mol. The van der Waals surface area contributed by atoms with Gasteiger partial charge in [-0.25, -0.2) is 4.99 Å². The number of unbranched alkanes of at least 4 members (excludes halogenated alkanes) is 1. The van der Waals surface area contributed by atoms with Gasteiger partial charge in [0.15, 0.2) is 5.96 Å². The van der Waals surface area contributed by atoms with Gasteiger partial charge >= 0.3 is 0 Å². The molecule has 0 aromatic carbocycles. The summed E-state index contributed by atoms with van der Waals surface area (Å²) < 4.78 is 0. The van der Waals surface area contributed by atoms with Crippen LogP contribution in [-0.2, 0) is 4.79 Å². The molecule has 0 spiro atoms. The standard InChI is InChI=1S/C17H35N5O.HI/c1-6-9-11-18-17(19-13-16(23)20(4)5)22-12-10-15(14-22)21(7-2)8-3;/h15H,6-14H2,1-5H3,(H,18,19);1H. The van der Waals surface area contributed by atoms with E-state index < -0.39 is 0 Å². The van der Waals surface area contributed by atoms with Gasteiger partial charge < -0.3 is 15.1 Å². The number of carbonyl (C=O) groups excluding carboxylic acids is 1. The molecule has 24 heavy (non-hydrogen) atoms. The van der Waals surface area contributed by atoms with Crippen molar-refractivity contribution in [1.29, 1.82) is 0 Å². The molecule has 1 saturated heterocycles. The van der Waals surface area contributed by atoms with Crippen LogP contribution in [-0.4, -0.2) is 86.0 Å². The topological polar surface area (TPSA) is 51.2 Å². The predicted molar refractivity (Wildman–Crippen MR) is 112 cm³/mol. The number of halogens is 1. The third kappa shape index (κ3) is 7.55. The Morgan fingerprint density at radius 1 is 1.25 bits per heavy atom. The minimum atomic E-state index is 0. The van der Waals surface area contributed by atoms with Gasteiger partial charge in [0.1, 0.15) is 6.54 Å². The normalized spacial score (nSPS) is 17.8. The number of hydrogen-bond donors (Lipinski definition) is 1. The van der Waals surface area contributed by atoms with Gasteiger partial charge in [-0.1, -0.05) is 27.2 Å². The van der Waals surface area contributed by atoms with Crippen LogP contribution in [0.3, 0.4) is 0 Å². The highest BCUT2D eigenvalue weighted by molar-refractivity contribution is 14.0. The van der Waals surface area contributed by atoms with Gasteiger partial charge in [-0.2, -0.15) is 0 Å². The van der Waals surface area contributed by atoms with E-state index in [1.54, 1.807) is 19.0 Å². The van der Waals surface area contributed by atoms with Crippen molar-refractivity contribution >= 4 is 35.8 Å². The van der Waals surface area contributed by atoms with E-state index in [4.69, 9.17) is 0 Å². The average Bonchev–Trinajstić information content (AvgIpc) is 3.01. The Bertz CT molecular complexity index is 385. The maximum atomic E-state index is 11.8. The number of aliphatic imine (C=N–C) groups is 1. The van der Waals surface area contributed by atoms with E-state index in [-0.39, 0.29) is 36.4 Å². The zero-order valence-corrected chi connectivity index (χ0v) is 18.4. The van der Waals surface area contributed by atoms with Crippen LogP contribution in [0.2, 0.25) is 0 Å². The molecule has 1 aliphatic heterocycles. The van der Waals surface area contributed by atoms with E-state index >= 15 is 0 Å². The fraction of sp³-hybridized carbons (Fsp3) is 0.882. The number of nitrogens with zero attached hydrogens (tertiary/aromatic N) is 4. The lowest BCUT2D eigenvalue weighted by molar-refractivity contribution is -0.127. The quantitative estimate of drug-likeness (QED) is 0.264. The Morgan fingerprint density at radius 2 is 1.92 bits per heavy atom. The van der Waals surface area contributed by atoms with Crippen molar-refractivity contribution in [2.75, 3.05) is 53.4 Å². The van der Waals surface area contributed by atoms with E-state index in [1.165, 1.54) is 0 Å². The third-order valence-corrected chi connectivity index (χ3v) is 4.47. The number of rotatable bonds is 8. The van der Waals surface area contributed by atoms with Gasteiger partial charge in [0.2, 0.25) is 5.91 Å². The summed E-state index contributed by atoms with van der Waals surface area (Å²) in [5, 5.41) is 3.44. The van der Waals surface area contributed by atoms with Crippen LogP contribution in [0.5, 0.6) is 0 Å². The van der Waals surface area contributed by atoms with Crippen molar-refractivity contribution in [3.05, 3.63) is 0 Å². The second kappa shape index (κ2) is 12.7. The number of guanidine groups is 1. The largest absolute Gasteiger partial charge is 0.356 e. The summed E-state index contributed by atoms with van der Waals surface area (Å²) in [5.41, 5.74) is 0. The number of likely N-dealkylation sites (tertiary alicyclic amines) is 1. The Kier molecular flexibility index (Phi) is 12.4. The highest BCUT2D eigenvalue weighted by Crippen LogP contribution is 2.15. The fourth-order valence-electron chi connectivity index (χ4n) is 2.90. The lowest BCUT2D eigenvalue weighted by Gasteiger charge is -2.27. The number of amides is 1. The summed E-state index contributed by atoms with van der Waals surface area (Å²) in [4.78, 5) is 22.8. The van der Waals surface area contributed by atoms with Gasteiger partial charge in [-0.15, -0.1) is 24.0 Å². The zero-order chi connectivity index (χ0) is 17.2. The number of carbonyl (C=O) groups is 1. The maximum Gasteiger partial charge on any atom is 0.243 e. The molecule has 6 nitrogen and oxygen atoms in total. The Hall–Kier alpha value is -0.570. The van der Waals surface area contributed by atoms with Crippen molar-refractivity contribution in [3.8, 4) is 0 Å². The van der Waals surface area contributed by atoms with Gasteiger partial charge in [-0.3, -0.25) is 9.69 Å². The van der Waals surface area contributed by atoms with Crippen molar-refractivity contribution in [1.82, 2.24) is 20.0 Å². The molecule has 0 saturated carbocycles. The molecule has 1 rings (SSSR count). The molecule has 1 N–H and O–H groups in total. The molecule has 1 atom stereocenters. The predicted octanol–water partition coefficient (Wildman–Crippen LogP) is 1.85. The van der Waals surface area contributed by atoms with Crippen LogP contribution in [0.1, 0.15) is 40.0 Å². The molecule has 1 unspecified atom stereocenters. The summed E-state index contributed by atoms with van der Waals surface area (Å²) in [6.07, 6.45) is 3.44. The molecule has 142 valence electrons. The van der Waals surface area contributed by atoms with Crippen molar-refractivity contribution in [2.24, 2.45) is 4.99 Å². The minimum absolute atomic E-state index is 0. The first-order valence-electron chi connectivity index (χ1n) is 9.00. The molecule has 0 radical (unpaired) electrons. The van der Waals surface area contributed by atoms with Crippen LogP contribution in [0, 0.1) is 0 Å². The van der Waals surface area contributed by atoms with Crippen LogP contribution >= 0.6 is 24.0 Å². The summed E-state index contributed by atoms with van der Waals surface area (Å²) in [6.45, 7) is 11.9. The molecule has 1 amide bonds. The number of nitrogens with one attached hydrogen (secondary N) is 1. The zero-order valence-electron chi connectivity index (χ0n) is 16.0. The van der Waals surface area contributed by atoms with Gasteiger partial charge in [0.05, 0.1) is 0 Å². The van der Waals surface area contributed by atoms with Crippen LogP contribution < -0.4 is 5.32 Å². The van der Waals surface area contributed by atoms with E-state index in [9.17, 15) is 4.79 Å². The highest BCUT2D eigenvalue weighted by Gasteiger charge is 2.28.